The summed E-state index contributed by atoms with van der Waals surface area (Å²) >= 11 is 0. The number of nitrogens with one attached hydrogen (secondary N) is 1. The van der Waals surface area contributed by atoms with E-state index in [1.54, 1.807) is 4.90 Å². The predicted molar refractivity (Wildman–Crippen MR) is 108 cm³/mol. The van der Waals surface area contributed by atoms with E-state index in [2.05, 4.69) is 23.5 Å². The Hall–Kier alpha value is -2.66. The molecule has 0 unspecified atom stereocenters. The molecule has 1 N–H and O–H groups in total. The molecule has 146 valence electrons. The third kappa shape index (κ3) is 4.09. The molecule has 2 heterocycles. The lowest BCUT2D eigenvalue weighted by Crippen LogP contribution is -2.40. The molecular weight excluding hydrogens is 352 g/mol. The van der Waals surface area contributed by atoms with Gasteiger partial charge in [0, 0.05) is 25.4 Å². The van der Waals surface area contributed by atoms with Crippen LogP contribution in [0.15, 0.2) is 54.6 Å². The molecule has 2 amide bonds. The van der Waals surface area contributed by atoms with Gasteiger partial charge in [-0.15, -0.1) is 0 Å². The van der Waals surface area contributed by atoms with Gasteiger partial charge in [-0.25, -0.2) is 0 Å². The summed E-state index contributed by atoms with van der Waals surface area (Å²) in [5.41, 5.74) is 3.21. The number of amides is 2. The second kappa shape index (κ2) is 8.57. The fourth-order valence-electron chi connectivity index (χ4n) is 4.04. The largest absolute Gasteiger partial charge is 0.376 e. The summed E-state index contributed by atoms with van der Waals surface area (Å²) < 4.78 is 5.55. The predicted octanol–water partition coefficient (Wildman–Crippen LogP) is 2.93. The van der Waals surface area contributed by atoms with Crippen molar-refractivity contribution in [1.82, 2.24) is 5.32 Å². The van der Waals surface area contributed by atoms with E-state index >= 15 is 0 Å². The number of hydrogen-bond acceptors (Lipinski definition) is 3. The summed E-state index contributed by atoms with van der Waals surface area (Å²) in [7, 11) is 0. The number of ether oxygens (including phenoxy) is 1. The minimum Gasteiger partial charge on any atom is -0.376 e. The Morgan fingerprint density at radius 2 is 1.86 bits per heavy atom. The van der Waals surface area contributed by atoms with Gasteiger partial charge in [-0.1, -0.05) is 48.5 Å². The van der Waals surface area contributed by atoms with E-state index in [0.29, 0.717) is 19.5 Å². The highest BCUT2D eigenvalue weighted by molar-refractivity contribution is 6.09. The van der Waals surface area contributed by atoms with Crippen molar-refractivity contribution in [3.05, 3.63) is 65.7 Å². The fraction of sp³-hybridized carbons (Fsp3) is 0.391. The molecule has 5 heteroatoms. The number of para-hydroxylation sites is 1. The Bertz CT molecular complexity index is 831. The number of hydrogen-bond donors (Lipinski definition) is 1. The van der Waals surface area contributed by atoms with Gasteiger partial charge in [0.25, 0.3) is 0 Å². The maximum absolute atomic E-state index is 13.0. The van der Waals surface area contributed by atoms with E-state index in [1.807, 2.05) is 36.4 Å². The van der Waals surface area contributed by atoms with Crippen LogP contribution in [0.4, 0.5) is 5.69 Å². The average Bonchev–Trinajstić information content (AvgIpc) is 3.37. The highest BCUT2D eigenvalue weighted by Crippen LogP contribution is 2.30. The number of rotatable bonds is 6. The average molecular weight is 378 g/mol. The Labute approximate surface area is 165 Å². The maximum Gasteiger partial charge on any atom is 0.239 e. The van der Waals surface area contributed by atoms with Crippen LogP contribution in [0.3, 0.4) is 0 Å². The van der Waals surface area contributed by atoms with Crippen molar-refractivity contribution >= 4 is 17.5 Å². The summed E-state index contributed by atoms with van der Waals surface area (Å²) in [6.07, 6.45) is 3.40. The number of carbonyl (C=O) groups is 2. The van der Waals surface area contributed by atoms with Crippen molar-refractivity contribution in [2.45, 2.75) is 31.8 Å². The summed E-state index contributed by atoms with van der Waals surface area (Å²) in [6, 6.07) is 18.2. The van der Waals surface area contributed by atoms with E-state index in [4.69, 9.17) is 4.74 Å². The molecule has 2 fully saturated rings. The zero-order valence-corrected chi connectivity index (χ0v) is 16.0. The molecule has 0 aliphatic carbocycles. The van der Waals surface area contributed by atoms with Gasteiger partial charge in [0.05, 0.1) is 6.10 Å². The van der Waals surface area contributed by atoms with Crippen molar-refractivity contribution < 1.29 is 14.3 Å². The molecule has 0 saturated carbocycles. The second-order valence-electron chi connectivity index (χ2n) is 7.50. The van der Waals surface area contributed by atoms with Crippen LogP contribution in [0, 0.1) is 5.92 Å². The smallest absolute Gasteiger partial charge is 0.239 e. The van der Waals surface area contributed by atoms with Crippen LogP contribution in [0.1, 0.15) is 30.4 Å². The van der Waals surface area contributed by atoms with Gasteiger partial charge >= 0.3 is 0 Å². The summed E-state index contributed by atoms with van der Waals surface area (Å²) in [6.45, 7) is 1.82. The zero-order valence-electron chi connectivity index (χ0n) is 16.0. The van der Waals surface area contributed by atoms with E-state index in [0.717, 1.165) is 37.1 Å². The normalized spacial score (nSPS) is 21.9. The molecule has 0 aromatic heterocycles. The van der Waals surface area contributed by atoms with Crippen molar-refractivity contribution in [2.24, 2.45) is 5.92 Å². The van der Waals surface area contributed by atoms with Crippen LogP contribution >= 0.6 is 0 Å². The molecule has 2 aromatic carbocycles. The van der Waals surface area contributed by atoms with Gasteiger partial charge < -0.3 is 15.0 Å². The molecule has 2 atom stereocenters. The van der Waals surface area contributed by atoms with Gasteiger partial charge in [0.1, 0.15) is 5.92 Å². The Kier molecular flexibility index (Phi) is 5.72. The number of anilines is 1. The SMILES string of the molecule is O=C(NC[C@@H]1CCCO1)[C@@H]1CCN(c2ccccc2Cc2ccccc2)C1=O. The topological polar surface area (TPSA) is 58.6 Å². The van der Waals surface area contributed by atoms with Crippen LogP contribution < -0.4 is 10.2 Å². The van der Waals surface area contributed by atoms with E-state index in [9.17, 15) is 9.59 Å². The molecule has 0 bridgehead atoms. The molecule has 2 aliphatic rings. The second-order valence-corrected chi connectivity index (χ2v) is 7.50. The molecule has 5 nitrogen and oxygen atoms in total. The molecule has 2 aromatic rings. The highest BCUT2D eigenvalue weighted by atomic mass is 16.5. The lowest BCUT2D eigenvalue weighted by molar-refractivity contribution is -0.132. The Morgan fingerprint density at radius 1 is 1.07 bits per heavy atom. The van der Waals surface area contributed by atoms with Crippen molar-refractivity contribution in [3.8, 4) is 0 Å². The molecule has 4 rings (SSSR count). The summed E-state index contributed by atoms with van der Waals surface area (Å²) in [5, 5.41) is 2.91. The first-order valence-corrected chi connectivity index (χ1v) is 10.0. The molecule has 2 aliphatic heterocycles. The van der Waals surface area contributed by atoms with Crippen molar-refractivity contribution in [1.29, 1.82) is 0 Å². The quantitative estimate of drug-likeness (QED) is 0.787. The first-order chi connectivity index (χ1) is 13.7. The van der Waals surface area contributed by atoms with Crippen LogP contribution in [0.25, 0.3) is 0 Å². The van der Waals surface area contributed by atoms with E-state index in [1.165, 1.54) is 5.56 Å². The van der Waals surface area contributed by atoms with Crippen LogP contribution in [-0.4, -0.2) is 37.6 Å². The maximum atomic E-state index is 13.0. The summed E-state index contributed by atoms with van der Waals surface area (Å²) in [4.78, 5) is 27.3. The molecule has 28 heavy (non-hydrogen) atoms. The van der Waals surface area contributed by atoms with Crippen LogP contribution in [-0.2, 0) is 20.7 Å². The molecular formula is C23H26N2O3. The van der Waals surface area contributed by atoms with Gasteiger partial charge in [-0.3, -0.25) is 9.59 Å². The third-order valence-electron chi connectivity index (χ3n) is 5.57. The van der Waals surface area contributed by atoms with Crippen molar-refractivity contribution in [2.75, 3.05) is 24.6 Å². The zero-order chi connectivity index (χ0) is 19.3. The molecule has 2 saturated heterocycles. The number of nitrogens with zero attached hydrogens (tertiary/aromatic N) is 1. The van der Waals surface area contributed by atoms with Crippen LogP contribution in [0.5, 0.6) is 0 Å². The minimum atomic E-state index is -0.605. The standard InChI is InChI=1S/C23H26N2O3/c26-22(24-16-19-10-6-14-28-19)20-12-13-25(23(20)27)21-11-5-4-9-18(21)15-17-7-2-1-3-8-17/h1-5,7-9,11,19-20H,6,10,12-16H2,(H,24,26)/t19-,20-/m0/s1. The van der Waals surface area contributed by atoms with Crippen molar-refractivity contribution in [3.63, 3.8) is 0 Å². The van der Waals surface area contributed by atoms with Gasteiger partial charge in [-0.05, 0) is 42.9 Å². The number of carbonyl (C=O) groups excluding carboxylic acids is 2. The third-order valence-corrected chi connectivity index (χ3v) is 5.57. The van der Waals surface area contributed by atoms with Gasteiger partial charge in [0.2, 0.25) is 11.8 Å². The lowest BCUT2D eigenvalue weighted by Gasteiger charge is -2.21. The van der Waals surface area contributed by atoms with Crippen LogP contribution in [0.2, 0.25) is 0 Å². The fourth-order valence-corrected chi connectivity index (χ4v) is 4.04. The monoisotopic (exact) mass is 378 g/mol. The lowest BCUT2D eigenvalue weighted by atomic mass is 10.0. The number of benzene rings is 2. The molecule has 0 radical (unpaired) electrons. The summed E-state index contributed by atoms with van der Waals surface area (Å²) in [5.74, 6) is -0.889. The van der Waals surface area contributed by atoms with Gasteiger partial charge in [0.15, 0.2) is 0 Å². The highest BCUT2D eigenvalue weighted by Gasteiger charge is 2.38. The Balaban J connectivity index is 1.44. The molecule has 0 spiro atoms. The first-order valence-electron chi connectivity index (χ1n) is 10.0. The Morgan fingerprint density at radius 3 is 2.64 bits per heavy atom. The van der Waals surface area contributed by atoms with Gasteiger partial charge in [-0.2, -0.15) is 0 Å². The minimum absolute atomic E-state index is 0.0863. The van der Waals surface area contributed by atoms with E-state index < -0.39 is 5.92 Å². The van der Waals surface area contributed by atoms with E-state index in [-0.39, 0.29) is 17.9 Å². The first kappa shape index (κ1) is 18.7.